The van der Waals surface area contributed by atoms with Gasteiger partial charge in [-0.05, 0) is 55.3 Å². The largest absolute Gasteiger partial charge is 0.469 e. The number of imidazole rings is 1. The first-order valence-corrected chi connectivity index (χ1v) is 11.7. The quantitative estimate of drug-likeness (QED) is 0.521. The van der Waals surface area contributed by atoms with Crippen LogP contribution in [0.25, 0.3) is 11.0 Å². The molecule has 164 valence electrons. The van der Waals surface area contributed by atoms with Gasteiger partial charge in [0.15, 0.2) is 0 Å². The second-order valence-corrected chi connectivity index (χ2v) is 10.7. The van der Waals surface area contributed by atoms with E-state index in [0.717, 1.165) is 63.5 Å². The third-order valence-electron chi connectivity index (χ3n) is 6.09. The first kappa shape index (κ1) is 21.7. The van der Waals surface area contributed by atoms with Gasteiger partial charge < -0.3 is 14.0 Å². The maximum absolute atomic E-state index is 11.8. The molecule has 2 fully saturated rings. The summed E-state index contributed by atoms with van der Waals surface area (Å²) >= 11 is 1.72. The molecule has 1 aromatic heterocycles. The van der Waals surface area contributed by atoms with Crippen LogP contribution in [0.2, 0.25) is 0 Å². The van der Waals surface area contributed by atoms with Crippen LogP contribution in [0, 0.1) is 11.8 Å². The average molecular weight is 432 g/mol. The number of hydrogen-bond donors (Lipinski definition) is 0. The molecule has 1 aromatic carbocycles. The van der Waals surface area contributed by atoms with Crippen molar-refractivity contribution in [3.8, 4) is 0 Å². The van der Waals surface area contributed by atoms with Crippen molar-refractivity contribution in [3.63, 3.8) is 0 Å². The van der Waals surface area contributed by atoms with Crippen LogP contribution in [-0.4, -0.2) is 53.2 Å². The van der Waals surface area contributed by atoms with Crippen molar-refractivity contribution < 1.29 is 14.3 Å². The first-order chi connectivity index (χ1) is 14.3. The topological polar surface area (TPSA) is 56.6 Å². The van der Waals surface area contributed by atoms with Crippen molar-refractivity contribution in [2.24, 2.45) is 11.8 Å². The van der Waals surface area contributed by atoms with Crippen LogP contribution in [-0.2, 0) is 26.2 Å². The summed E-state index contributed by atoms with van der Waals surface area (Å²) < 4.78 is 15.1. The lowest BCUT2D eigenvalue weighted by atomic mass is 9.94. The molecule has 30 heavy (non-hydrogen) atoms. The monoisotopic (exact) mass is 431 g/mol. The summed E-state index contributed by atoms with van der Waals surface area (Å²) in [6.45, 7) is 11.1. The second kappa shape index (κ2) is 8.89. The number of hydrogen-bond acceptors (Lipinski definition) is 6. The van der Waals surface area contributed by atoms with Gasteiger partial charge in [0.2, 0.25) is 0 Å². The van der Waals surface area contributed by atoms with E-state index < -0.39 is 0 Å². The Hall–Kier alpha value is -1.57. The zero-order valence-corrected chi connectivity index (χ0v) is 19.3. The van der Waals surface area contributed by atoms with Crippen molar-refractivity contribution in [1.29, 1.82) is 0 Å². The lowest BCUT2D eigenvalue weighted by molar-refractivity contribution is -0.144. The maximum atomic E-state index is 11.8. The molecule has 2 aliphatic rings. The number of nitrogens with zero attached hydrogens (tertiary/aromatic N) is 3. The Morgan fingerprint density at radius 1 is 1.27 bits per heavy atom. The summed E-state index contributed by atoms with van der Waals surface area (Å²) in [4.78, 5) is 18.0. The minimum atomic E-state index is -0.102. The normalized spacial score (nSPS) is 21.4. The number of aromatic nitrogens is 2. The van der Waals surface area contributed by atoms with E-state index in [1.807, 2.05) is 0 Å². The fourth-order valence-corrected chi connectivity index (χ4v) is 5.47. The van der Waals surface area contributed by atoms with Gasteiger partial charge in [0, 0.05) is 43.2 Å². The number of benzene rings is 1. The molecule has 1 atom stereocenters. The average Bonchev–Trinajstić information content (AvgIpc) is 3.33. The van der Waals surface area contributed by atoms with Gasteiger partial charge in [-0.15, -0.1) is 0 Å². The Kier molecular flexibility index (Phi) is 6.42. The molecule has 2 aromatic rings. The number of carbonyl (C=O) groups is 1. The molecule has 1 unspecified atom stereocenters. The highest BCUT2D eigenvalue weighted by molar-refractivity contribution is 7.97. The van der Waals surface area contributed by atoms with Crippen LogP contribution in [0.1, 0.15) is 45.9 Å². The third-order valence-corrected chi connectivity index (χ3v) is 7.15. The van der Waals surface area contributed by atoms with Gasteiger partial charge in [-0.25, -0.2) is 9.29 Å². The number of ether oxygens (including phenoxy) is 2. The Morgan fingerprint density at radius 2 is 2.03 bits per heavy atom. The summed E-state index contributed by atoms with van der Waals surface area (Å²) in [5, 5.41) is 0. The van der Waals surface area contributed by atoms with Gasteiger partial charge in [0.05, 0.1) is 24.1 Å². The van der Waals surface area contributed by atoms with Crippen LogP contribution >= 0.6 is 11.9 Å². The predicted molar refractivity (Wildman–Crippen MR) is 120 cm³/mol. The predicted octanol–water partition coefficient (Wildman–Crippen LogP) is 4.26. The lowest BCUT2D eigenvalue weighted by Crippen LogP contribution is -2.25. The van der Waals surface area contributed by atoms with Gasteiger partial charge in [-0.3, -0.25) is 4.79 Å². The van der Waals surface area contributed by atoms with E-state index in [1.165, 1.54) is 17.5 Å². The molecule has 0 radical (unpaired) electrons. The van der Waals surface area contributed by atoms with E-state index in [9.17, 15) is 4.79 Å². The summed E-state index contributed by atoms with van der Waals surface area (Å²) in [6, 6.07) is 6.60. The summed E-state index contributed by atoms with van der Waals surface area (Å²) in [5.74, 6) is 1.68. The van der Waals surface area contributed by atoms with E-state index in [-0.39, 0.29) is 17.3 Å². The van der Waals surface area contributed by atoms with Crippen LogP contribution < -0.4 is 0 Å². The molecule has 0 N–H and O–H groups in total. The molecule has 4 rings (SSSR count). The number of esters is 1. The summed E-state index contributed by atoms with van der Waals surface area (Å²) in [5.41, 5.74) is 2.26. The fraction of sp³-hybridized carbons (Fsp3) is 0.652. The minimum absolute atomic E-state index is 0.0137. The van der Waals surface area contributed by atoms with Gasteiger partial charge in [0.1, 0.15) is 5.82 Å². The smallest absolute Gasteiger partial charge is 0.310 e. The molecule has 0 amide bonds. The Morgan fingerprint density at radius 3 is 2.73 bits per heavy atom. The standard InChI is InChI=1S/C23H33N3O3S/c1-23(2,3)22-24-19-13-18(30-25-10-7-17(15-25)21(27)28-4)5-6-20(19)26(22)14-16-8-11-29-12-9-16/h5-6,13,16-17H,7-12,14-15H2,1-4H3. The molecular weight excluding hydrogens is 398 g/mol. The van der Waals surface area contributed by atoms with E-state index >= 15 is 0 Å². The second-order valence-electron chi connectivity index (χ2n) is 9.49. The molecule has 3 heterocycles. The molecule has 0 saturated carbocycles. The molecule has 6 nitrogen and oxygen atoms in total. The number of methoxy groups -OCH3 is 1. The van der Waals surface area contributed by atoms with Crippen molar-refractivity contribution >= 4 is 29.0 Å². The molecular formula is C23H33N3O3S. The number of fused-ring (bicyclic) bond motifs is 1. The van der Waals surface area contributed by atoms with Crippen LogP contribution in [0.4, 0.5) is 0 Å². The Bertz CT molecular complexity index is 899. The molecule has 2 aliphatic heterocycles. The van der Waals surface area contributed by atoms with Crippen molar-refractivity contribution in [1.82, 2.24) is 13.9 Å². The number of carbonyl (C=O) groups excluding carboxylic acids is 1. The maximum Gasteiger partial charge on any atom is 0.310 e. The van der Waals surface area contributed by atoms with E-state index in [4.69, 9.17) is 14.5 Å². The summed E-state index contributed by atoms with van der Waals surface area (Å²) in [6.07, 6.45) is 3.09. The Labute approximate surface area is 183 Å². The van der Waals surface area contributed by atoms with E-state index in [2.05, 4.69) is 47.8 Å². The highest BCUT2D eigenvalue weighted by atomic mass is 32.2. The first-order valence-electron chi connectivity index (χ1n) is 10.9. The molecule has 0 bridgehead atoms. The molecule has 0 spiro atoms. The van der Waals surface area contributed by atoms with Gasteiger partial charge in [0.25, 0.3) is 0 Å². The van der Waals surface area contributed by atoms with Gasteiger partial charge >= 0.3 is 5.97 Å². The van der Waals surface area contributed by atoms with Crippen LogP contribution in [0.15, 0.2) is 23.1 Å². The van der Waals surface area contributed by atoms with Crippen LogP contribution in [0.5, 0.6) is 0 Å². The third kappa shape index (κ3) is 4.68. The highest BCUT2D eigenvalue weighted by Gasteiger charge is 2.30. The zero-order chi connectivity index (χ0) is 21.3. The van der Waals surface area contributed by atoms with Crippen molar-refractivity contribution in [2.75, 3.05) is 33.4 Å². The summed E-state index contributed by atoms with van der Waals surface area (Å²) in [7, 11) is 1.47. The lowest BCUT2D eigenvalue weighted by Gasteiger charge is -2.26. The van der Waals surface area contributed by atoms with Gasteiger partial charge in [-0.2, -0.15) is 0 Å². The zero-order valence-electron chi connectivity index (χ0n) is 18.5. The minimum Gasteiger partial charge on any atom is -0.469 e. The SMILES string of the molecule is COC(=O)C1CCN(Sc2ccc3c(c2)nc(C(C)(C)C)n3CC2CCOCC2)C1. The van der Waals surface area contributed by atoms with E-state index in [0.29, 0.717) is 5.92 Å². The van der Waals surface area contributed by atoms with E-state index in [1.54, 1.807) is 11.9 Å². The molecule has 0 aliphatic carbocycles. The number of rotatable bonds is 5. The van der Waals surface area contributed by atoms with Gasteiger partial charge in [-0.1, -0.05) is 20.8 Å². The van der Waals surface area contributed by atoms with Crippen molar-refractivity contribution in [2.45, 2.75) is 56.9 Å². The van der Waals surface area contributed by atoms with Crippen molar-refractivity contribution in [3.05, 3.63) is 24.0 Å². The Balaban J connectivity index is 1.56. The highest BCUT2D eigenvalue weighted by Crippen LogP contribution is 2.34. The molecule has 7 heteroatoms. The molecule has 2 saturated heterocycles. The van der Waals surface area contributed by atoms with Crippen LogP contribution in [0.3, 0.4) is 0 Å². The fourth-order valence-electron chi connectivity index (χ4n) is 4.43.